The first-order valence-corrected chi connectivity index (χ1v) is 6.77. The number of aromatic nitrogens is 1. The van der Waals surface area contributed by atoms with Crippen molar-refractivity contribution in [3.8, 4) is 0 Å². The van der Waals surface area contributed by atoms with Gasteiger partial charge in [-0.05, 0) is 24.8 Å². The summed E-state index contributed by atoms with van der Waals surface area (Å²) in [5.41, 5.74) is 0.448. The van der Waals surface area contributed by atoms with E-state index in [0.29, 0.717) is 28.9 Å². The molecule has 1 amide bonds. The Kier molecular flexibility index (Phi) is 4.99. The van der Waals surface area contributed by atoms with Crippen molar-refractivity contribution in [3.63, 3.8) is 0 Å². The van der Waals surface area contributed by atoms with Crippen LogP contribution in [-0.4, -0.2) is 37.7 Å². The summed E-state index contributed by atoms with van der Waals surface area (Å²) in [6.07, 6.45) is 3.50. The summed E-state index contributed by atoms with van der Waals surface area (Å²) in [5, 5.41) is 6.13. The largest absolute Gasteiger partial charge is 0.381 e. The molecule has 0 aliphatic carbocycles. The van der Waals surface area contributed by atoms with Crippen LogP contribution in [-0.2, 0) is 4.74 Å². The summed E-state index contributed by atoms with van der Waals surface area (Å²) >= 11 is 5.98. The molecular weight excluding hydrogens is 266 g/mol. The van der Waals surface area contributed by atoms with Crippen LogP contribution in [0.4, 0.5) is 5.82 Å². The van der Waals surface area contributed by atoms with Crippen LogP contribution in [0.2, 0.25) is 5.02 Å². The first kappa shape index (κ1) is 14.1. The second kappa shape index (κ2) is 6.73. The molecule has 1 aliphatic heterocycles. The molecule has 1 atom stereocenters. The molecule has 2 rings (SSSR count). The van der Waals surface area contributed by atoms with E-state index in [0.717, 1.165) is 26.1 Å². The second-order valence-corrected chi connectivity index (χ2v) is 4.98. The lowest BCUT2D eigenvalue weighted by atomic mass is 10.1. The highest BCUT2D eigenvalue weighted by molar-refractivity contribution is 6.33. The van der Waals surface area contributed by atoms with Crippen molar-refractivity contribution in [1.82, 2.24) is 10.3 Å². The van der Waals surface area contributed by atoms with Gasteiger partial charge in [0.1, 0.15) is 5.82 Å². The third kappa shape index (κ3) is 3.81. The second-order valence-electron chi connectivity index (χ2n) is 4.57. The van der Waals surface area contributed by atoms with Crippen molar-refractivity contribution >= 4 is 23.3 Å². The van der Waals surface area contributed by atoms with Crippen molar-refractivity contribution in [1.29, 1.82) is 0 Å². The van der Waals surface area contributed by atoms with E-state index in [1.807, 2.05) is 0 Å². The predicted octanol–water partition coefficient (Wildman–Crippen LogP) is 1.93. The molecule has 19 heavy (non-hydrogen) atoms. The molecule has 1 fully saturated rings. The first-order valence-electron chi connectivity index (χ1n) is 6.40. The number of anilines is 1. The SMILES string of the molecule is CNc1cc(C(=O)NCCC2CCOC2)c(Cl)cn1. The van der Waals surface area contributed by atoms with Gasteiger partial charge in [0.2, 0.25) is 0 Å². The zero-order chi connectivity index (χ0) is 13.7. The monoisotopic (exact) mass is 283 g/mol. The number of carbonyl (C=O) groups is 1. The highest BCUT2D eigenvalue weighted by Crippen LogP contribution is 2.18. The Hall–Kier alpha value is -1.33. The highest BCUT2D eigenvalue weighted by atomic mass is 35.5. The van der Waals surface area contributed by atoms with Crippen molar-refractivity contribution in [2.75, 3.05) is 32.1 Å². The van der Waals surface area contributed by atoms with Gasteiger partial charge in [-0.3, -0.25) is 4.79 Å². The maximum atomic E-state index is 12.0. The van der Waals surface area contributed by atoms with Crippen LogP contribution in [0.25, 0.3) is 0 Å². The van der Waals surface area contributed by atoms with E-state index in [-0.39, 0.29) is 5.91 Å². The van der Waals surface area contributed by atoms with E-state index in [2.05, 4.69) is 15.6 Å². The summed E-state index contributed by atoms with van der Waals surface area (Å²) in [5.74, 6) is 1.02. The Bertz CT molecular complexity index is 448. The Morgan fingerprint density at radius 2 is 2.47 bits per heavy atom. The normalized spacial score (nSPS) is 18.3. The van der Waals surface area contributed by atoms with Crippen LogP contribution in [0, 0.1) is 5.92 Å². The number of hydrogen-bond donors (Lipinski definition) is 2. The lowest BCUT2D eigenvalue weighted by Crippen LogP contribution is -2.26. The predicted molar refractivity (Wildman–Crippen MR) is 74.7 cm³/mol. The fourth-order valence-electron chi connectivity index (χ4n) is 2.05. The zero-order valence-corrected chi connectivity index (χ0v) is 11.7. The topological polar surface area (TPSA) is 63.2 Å². The van der Waals surface area contributed by atoms with E-state index in [1.165, 1.54) is 6.20 Å². The van der Waals surface area contributed by atoms with Gasteiger partial charge in [-0.15, -0.1) is 0 Å². The summed E-state index contributed by atoms with van der Waals surface area (Å²) in [7, 11) is 1.75. The smallest absolute Gasteiger partial charge is 0.252 e. The molecule has 5 nitrogen and oxygen atoms in total. The Balaban J connectivity index is 1.88. The van der Waals surface area contributed by atoms with Gasteiger partial charge in [0.25, 0.3) is 5.91 Å². The van der Waals surface area contributed by atoms with Crippen LogP contribution in [0.1, 0.15) is 23.2 Å². The average molecular weight is 284 g/mol. The maximum Gasteiger partial charge on any atom is 0.252 e. The quantitative estimate of drug-likeness (QED) is 0.867. The van der Waals surface area contributed by atoms with Gasteiger partial charge in [-0.1, -0.05) is 11.6 Å². The van der Waals surface area contributed by atoms with Crippen molar-refractivity contribution in [2.45, 2.75) is 12.8 Å². The lowest BCUT2D eigenvalue weighted by molar-refractivity contribution is 0.0950. The average Bonchev–Trinajstić information content (AvgIpc) is 2.92. The van der Waals surface area contributed by atoms with Gasteiger partial charge in [-0.2, -0.15) is 0 Å². The molecule has 2 N–H and O–H groups in total. The van der Waals surface area contributed by atoms with Gasteiger partial charge < -0.3 is 15.4 Å². The minimum atomic E-state index is -0.164. The molecule has 1 unspecified atom stereocenters. The first-order chi connectivity index (χ1) is 9.20. The fraction of sp³-hybridized carbons (Fsp3) is 0.538. The molecular formula is C13H18ClN3O2. The summed E-state index contributed by atoms with van der Waals surface area (Å²) in [6, 6.07) is 1.65. The van der Waals surface area contributed by atoms with Gasteiger partial charge in [0, 0.05) is 33.0 Å². The molecule has 0 bridgehead atoms. The minimum Gasteiger partial charge on any atom is -0.381 e. The summed E-state index contributed by atoms with van der Waals surface area (Å²) < 4.78 is 5.30. The molecule has 1 saturated heterocycles. The van der Waals surface area contributed by atoms with Crippen molar-refractivity contribution in [3.05, 3.63) is 22.8 Å². The van der Waals surface area contributed by atoms with Gasteiger partial charge in [-0.25, -0.2) is 4.98 Å². The standard InChI is InChI=1S/C13H18ClN3O2/c1-15-12-6-10(11(14)7-17-12)13(18)16-4-2-9-3-5-19-8-9/h6-7,9H,2-5,8H2,1H3,(H,15,17)(H,16,18). The number of pyridine rings is 1. The maximum absolute atomic E-state index is 12.0. The van der Waals surface area contributed by atoms with E-state index in [9.17, 15) is 4.79 Å². The molecule has 1 aliphatic rings. The van der Waals surface area contributed by atoms with Gasteiger partial charge >= 0.3 is 0 Å². The number of rotatable bonds is 5. The van der Waals surface area contributed by atoms with Crippen molar-refractivity contribution < 1.29 is 9.53 Å². The Morgan fingerprint density at radius 1 is 1.63 bits per heavy atom. The molecule has 104 valence electrons. The molecule has 0 aromatic carbocycles. The Labute approximate surface area is 117 Å². The summed E-state index contributed by atoms with van der Waals surface area (Å²) in [6.45, 7) is 2.27. The molecule has 0 radical (unpaired) electrons. The van der Waals surface area contributed by atoms with Gasteiger partial charge in [0.05, 0.1) is 10.6 Å². The number of nitrogens with one attached hydrogen (secondary N) is 2. The highest BCUT2D eigenvalue weighted by Gasteiger charge is 2.16. The third-order valence-electron chi connectivity index (χ3n) is 3.22. The zero-order valence-electron chi connectivity index (χ0n) is 10.9. The number of halogens is 1. The Morgan fingerprint density at radius 3 is 3.16 bits per heavy atom. The number of carbonyl (C=O) groups excluding carboxylic acids is 1. The molecule has 0 spiro atoms. The third-order valence-corrected chi connectivity index (χ3v) is 3.52. The van der Waals surface area contributed by atoms with Crippen LogP contribution in [0.15, 0.2) is 12.3 Å². The van der Waals surface area contributed by atoms with Crippen LogP contribution in [0.5, 0.6) is 0 Å². The molecule has 1 aromatic rings. The number of amides is 1. The van der Waals surface area contributed by atoms with Crippen LogP contribution in [0.3, 0.4) is 0 Å². The number of hydrogen-bond acceptors (Lipinski definition) is 4. The minimum absolute atomic E-state index is 0.164. The van der Waals surface area contributed by atoms with E-state index < -0.39 is 0 Å². The van der Waals surface area contributed by atoms with Crippen molar-refractivity contribution in [2.24, 2.45) is 5.92 Å². The molecule has 6 heteroatoms. The van der Waals surface area contributed by atoms with E-state index in [1.54, 1.807) is 13.1 Å². The lowest BCUT2D eigenvalue weighted by Gasteiger charge is -2.10. The number of ether oxygens (including phenoxy) is 1. The van der Waals surface area contributed by atoms with Crippen LogP contribution < -0.4 is 10.6 Å². The van der Waals surface area contributed by atoms with Crippen LogP contribution >= 0.6 is 11.6 Å². The molecule has 0 saturated carbocycles. The molecule has 2 heterocycles. The fourth-order valence-corrected chi connectivity index (χ4v) is 2.23. The number of nitrogens with zero attached hydrogens (tertiary/aromatic N) is 1. The molecule has 1 aromatic heterocycles. The van der Waals surface area contributed by atoms with Gasteiger partial charge in [0.15, 0.2) is 0 Å². The van der Waals surface area contributed by atoms with E-state index in [4.69, 9.17) is 16.3 Å². The van der Waals surface area contributed by atoms with E-state index >= 15 is 0 Å². The summed E-state index contributed by atoms with van der Waals surface area (Å²) in [4.78, 5) is 16.1.